The maximum absolute atomic E-state index is 12.6. The van der Waals surface area contributed by atoms with Gasteiger partial charge in [-0.2, -0.15) is 0 Å². The van der Waals surface area contributed by atoms with Crippen LogP contribution in [0.15, 0.2) is 54.9 Å². The molecule has 3 rings (SSSR count). The first-order valence-corrected chi connectivity index (χ1v) is 8.91. The van der Waals surface area contributed by atoms with E-state index in [-0.39, 0.29) is 6.03 Å². The Morgan fingerprint density at radius 3 is 2.29 bits per heavy atom. The number of imidazole rings is 1. The molecule has 0 fully saturated rings. The third kappa shape index (κ3) is 4.55. The molecule has 0 saturated heterocycles. The Morgan fingerprint density at radius 2 is 1.75 bits per heavy atom. The number of aryl methyl sites for hydroxylation is 1. The van der Waals surface area contributed by atoms with Crippen LogP contribution in [-0.2, 0) is 7.05 Å². The summed E-state index contributed by atoms with van der Waals surface area (Å²) < 4.78 is 12.6. The van der Waals surface area contributed by atoms with E-state index >= 15 is 0 Å². The Bertz CT molecular complexity index is 934. The van der Waals surface area contributed by atoms with Gasteiger partial charge in [-0.15, -0.1) is 0 Å². The topological polar surface area (TPSA) is 77.4 Å². The smallest absolute Gasteiger partial charge is 0.320 e. The highest BCUT2D eigenvalue weighted by Crippen LogP contribution is 2.29. The molecule has 2 amide bonds. The molecule has 0 radical (unpaired) electrons. The Balaban J connectivity index is 1.91. The van der Waals surface area contributed by atoms with E-state index in [4.69, 9.17) is 21.1 Å². The molecule has 28 heavy (non-hydrogen) atoms. The first-order chi connectivity index (χ1) is 13.5. The van der Waals surface area contributed by atoms with Gasteiger partial charge in [0.1, 0.15) is 23.4 Å². The van der Waals surface area contributed by atoms with Crippen molar-refractivity contribution in [1.29, 1.82) is 0 Å². The number of hydrogen-bond acceptors (Lipinski definition) is 4. The lowest BCUT2D eigenvalue weighted by Crippen LogP contribution is -2.34. The van der Waals surface area contributed by atoms with Crippen LogP contribution in [0.25, 0.3) is 0 Å². The third-order valence-corrected chi connectivity index (χ3v) is 4.45. The van der Waals surface area contributed by atoms with E-state index in [1.165, 1.54) is 0 Å². The number of ether oxygens (including phenoxy) is 2. The molecule has 0 aliphatic rings. The molecule has 1 aromatic heterocycles. The van der Waals surface area contributed by atoms with Crippen LogP contribution in [0.2, 0.25) is 5.02 Å². The molecule has 0 spiro atoms. The lowest BCUT2D eigenvalue weighted by atomic mass is 10.1. The van der Waals surface area contributed by atoms with Crippen LogP contribution in [0.3, 0.4) is 0 Å². The highest BCUT2D eigenvalue weighted by molar-refractivity contribution is 6.30. The zero-order valence-electron chi connectivity index (χ0n) is 15.8. The van der Waals surface area contributed by atoms with Gasteiger partial charge in [0.2, 0.25) is 0 Å². The fourth-order valence-corrected chi connectivity index (χ4v) is 2.91. The molecule has 0 bridgehead atoms. The second-order valence-electron chi connectivity index (χ2n) is 6.08. The lowest BCUT2D eigenvalue weighted by molar-refractivity contribution is 0.249. The predicted molar refractivity (Wildman–Crippen MR) is 108 cm³/mol. The summed E-state index contributed by atoms with van der Waals surface area (Å²) in [7, 11) is 5.02. The molecule has 1 unspecified atom stereocenters. The summed E-state index contributed by atoms with van der Waals surface area (Å²) >= 11 is 5.89. The molecular weight excluding hydrogens is 380 g/mol. The fourth-order valence-electron chi connectivity index (χ4n) is 2.78. The predicted octanol–water partition coefficient (Wildman–Crippen LogP) is 4.00. The number of urea groups is 1. The molecule has 7 nitrogen and oxygen atoms in total. The number of anilines is 1. The standard InChI is InChI=1S/C20H21ClN4O3/c1-25-9-8-22-19(25)18(13-10-16(27-2)12-17(11-13)28-3)24-20(26)23-15-6-4-14(21)5-7-15/h4-12,18H,1-3H3,(H2,23,24,26). The van der Waals surface area contributed by atoms with Gasteiger partial charge in [0.05, 0.1) is 14.2 Å². The van der Waals surface area contributed by atoms with Crippen LogP contribution >= 0.6 is 11.6 Å². The number of carbonyl (C=O) groups is 1. The van der Waals surface area contributed by atoms with Gasteiger partial charge in [-0.3, -0.25) is 0 Å². The van der Waals surface area contributed by atoms with E-state index in [1.807, 2.05) is 29.9 Å². The zero-order chi connectivity index (χ0) is 20.1. The number of halogens is 1. The molecule has 1 atom stereocenters. The van der Waals surface area contributed by atoms with Gasteiger partial charge in [-0.05, 0) is 42.0 Å². The Hall–Kier alpha value is -3.19. The maximum Gasteiger partial charge on any atom is 0.320 e. The van der Waals surface area contributed by atoms with E-state index in [2.05, 4.69) is 15.6 Å². The van der Waals surface area contributed by atoms with Gasteiger partial charge in [0.25, 0.3) is 0 Å². The first kappa shape index (κ1) is 19.6. The maximum atomic E-state index is 12.6. The zero-order valence-corrected chi connectivity index (χ0v) is 16.5. The minimum absolute atomic E-state index is 0.378. The molecule has 0 aliphatic carbocycles. The van der Waals surface area contributed by atoms with Crippen LogP contribution in [0.4, 0.5) is 10.5 Å². The summed E-state index contributed by atoms with van der Waals surface area (Å²) in [6.45, 7) is 0. The van der Waals surface area contributed by atoms with Gasteiger partial charge < -0.3 is 24.7 Å². The van der Waals surface area contributed by atoms with Crippen molar-refractivity contribution in [1.82, 2.24) is 14.9 Å². The van der Waals surface area contributed by atoms with Crippen molar-refractivity contribution in [2.24, 2.45) is 7.05 Å². The molecule has 8 heteroatoms. The van der Waals surface area contributed by atoms with Crippen molar-refractivity contribution in [3.05, 3.63) is 71.3 Å². The number of carbonyl (C=O) groups excluding carboxylic acids is 1. The van der Waals surface area contributed by atoms with Crippen molar-refractivity contribution in [3.63, 3.8) is 0 Å². The van der Waals surface area contributed by atoms with Crippen molar-refractivity contribution in [3.8, 4) is 11.5 Å². The summed E-state index contributed by atoms with van der Waals surface area (Å²) in [5, 5.41) is 6.36. The van der Waals surface area contributed by atoms with Gasteiger partial charge >= 0.3 is 6.03 Å². The second-order valence-corrected chi connectivity index (χ2v) is 6.52. The summed E-state index contributed by atoms with van der Waals surface area (Å²) in [5.74, 6) is 1.91. The highest BCUT2D eigenvalue weighted by Gasteiger charge is 2.22. The average Bonchev–Trinajstić information content (AvgIpc) is 3.13. The second kappa shape index (κ2) is 8.67. The number of rotatable bonds is 6. The minimum atomic E-state index is -0.517. The molecule has 146 valence electrons. The van der Waals surface area contributed by atoms with E-state index in [1.54, 1.807) is 50.7 Å². The van der Waals surface area contributed by atoms with Crippen molar-refractivity contribution in [2.75, 3.05) is 19.5 Å². The number of amides is 2. The molecule has 2 aromatic carbocycles. The Labute approximate surface area is 168 Å². The Morgan fingerprint density at radius 1 is 1.11 bits per heavy atom. The first-order valence-electron chi connectivity index (χ1n) is 8.53. The van der Waals surface area contributed by atoms with Crippen LogP contribution in [0.5, 0.6) is 11.5 Å². The lowest BCUT2D eigenvalue weighted by Gasteiger charge is -2.21. The summed E-state index contributed by atoms with van der Waals surface area (Å²) in [4.78, 5) is 17.0. The largest absolute Gasteiger partial charge is 0.497 e. The molecule has 0 aliphatic heterocycles. The highest BCUT2D eigenvalue weighted by atomic mass is 35.5. The number of aromatic nitrogens is 2. The molecule has 1 heterocycles. The number of hydrogen-bond donors (Lipinski definition) is 2. The van der Waals surface area contributed by atoms with Crippen molar-refractivity contribution < 1.29 is 14.3 Å². The van der Waals surface area contributed by atoms with Crippen molar-refractivity contribution >= 4 is 23.3 Å². The number of benzene rings is 2. The van der Waals surface area contributed by atoms with E-state index in [0.717, 1.165) is 5.56 Å². The number of nitrogens with zero attached hydrogens (tertiary/aromatic N) is 2. The normalized spacial score (nSPS) is 11.6. The minimum Gasteiger partial charge on any atom is -0.497 e. The van der Waals surface area contributed by atoms with Gasteiger partial charge in [0.15, 0.2) is 0 Å². The summed E-state index contributed by atoms with van der Waals surface area (Å²) in [6, 6.07) is 11.4. The van der Waals surface area contributed by atoms with Crippen LogP contribution in [0.1, 0.15) is 17.4 Å². The van der Waals surface area contributed by atoms with Crippen LogP contribution in [-0.4, -0.2) is 29.8 Å². The van der Waals surface area contributed by atoms with Crippen LogP contribution < -0.4 is 20.1 Å². The fraction of sp³-hybridized carbons (Fsp3) is 0.200. The number of nitrogens with one attached hydrogen (secondary N) is 2. The third-order valence-electron chi connectivity index (χ3n) is 4.20. The molecule has 2 N–H and O–H groups in total. The number of methoxy groups -OCH3 is 2. The quantitative estimate of drug-likeness (QED) is 0.655. The monoisotopic (exact) mass is 400 g/mol. The molecule has 3 aromatic rings. The molecule has 0 saturated carbocycles. The SMILES string of the molecule is COc1cc(OC)cc(C(NC(=O)Nc2ccc(Cl)cc2)c2nccn2C)c1. The Kier molecular flexibility index (Phi) is 6.06. The van der Waals surface area contributed by atoms with Gasteiger partial charge in [-0.1, -0.05) is 11.6 Å². The average molecular weight is 401 g/mol. The van der Waals surface area contributed by atoms with Gasteiger partial charge in [0, 0.05) is 36.2 Å². The van der Waals surface area contributed by atoms with E-state index in [0.29, 0.717) is 28.0 Å². The summed E-state index contributed by atoms with van der Waals surface area (Å²) in [6.07, 6.45) is 3.50. The van der Waals surface area contributed by atoms with E-state index < -0.39 is 6.04 Å². The summed E-state index contributed by atoms with van der Waals surface area (Å²) in [5.41, 5.74) is 1.40. The van der Waals surface area contributed by atoms with Crippen LogP contribution in [0, 0.1) is 0 Å². The molecular formula is C20H21ClN4O3. The van der Waals surface area contributed by atoms with Crippen molar-refractivity contribution in [2.45, 2.75) is 6.04 Å². The van der Waals surface area contributed by atoms with E-state index in [9.17, 15) is 4.79 Å². The van der Waals surface area contributed by atoms with Gasteiger partial charge in [-0.25, -0.2) is 9.78 Å².